The lowest BCUT2D eigenvalue weighted by molar-refractivity contribution is 0.416. The highest BCUT2D eigenvalue weighted by molar-refractivity contribution is 7.12. The molecule has 1 unspecified atom stereocenters. The minimum absolute atomic E-state index is 0.0129. The zero-order valence-corrected chi connectivity index (χ0v) is 11.0. The number of rotatable bonds is 3. The average Bonchev–Trinajstić information content (AvgIpc) is 2.71. The summed E-state index contributed by atoms with van der Waals surface area (Å²) in [6.45, 7) is 3.97. The number of thiazole rings is 1. The van der Waals surface area contributed by atoms with Gasteiger partial charge in [-0.2, -0.15) is 0 Å². The summed E-state index contributed by atoms with van der Waals surface area (Å²) < 4.78 is 5.37. The van der Waals surface area contributed by atoms with Crippen molar-refractivity contribution in [2.24, 2.45) is 5.73 Å². The average molecular weight is 248 g/mol. The van der Waals surface area contributed by atoms with Crippen LogP contribution in [0.15, 0.2) is 24.3 Å². The monoisotopic (exact) mass is 248 g/mol. The topological polar surface area (TPSA) is 48.1 Å². The maximum atomic E-state index is 5.99. The molecule has 0 amide bonds. The lowest BCUT2D eigenvalue weighted by Gasteiger charge is -2.09. The molecule has 90 valence electrons. The van der Waals surface area contributed by atoms with E-state index in [1.54, 1.807) is 18.4 Å². The fraction of sp³-hybridized carbons (Fsp3) is 0.308. The molecule has 4 heteroatoms. The predicted octanol–water partition coefficient (Wildman–Crippen LogP) is 3.15. The molecule has 1 aromatic carbocycles. The van der Waals surface area contributed by atoms with Gasteiger partial charge >= 0.3 is 0 Å². The van der Waals surface area contributed by atoms with Gasteiger partial charge < -0.3 is 10.5 Å². The molecular weight excluding hydrogens is 232 g/mol. The minimum Gasteiger partial charge on any atom is -0.496 e. The molecule has 17 heavy (non-hydrogen) atoms. The molecule has 0 aliphatic carbocycles. The number of benzene rings is 1. The Bertz CT molecular complexity index is 520. The second-order valence-electron chi connectivity index (χ2n) is 3.93. The first-order valence-corrected chi connectivity index (χ1v) is 6.31. The zero-order chi connectivity index (χ0) is 12.4. The van der Waals surface area contributed by atoms with E-state index >= 15 is 0 Å². The number of nitrogens with zero attached hydrogens (tertiary/aromatic N) is 1. The molecule has 2 aromatic rings. The Balaban J connectivity index is 2.59. The van der Waals surface area contributed by atoms with Gasteiger partial charge in [-0.1, -0.05) is 12.1 Å². The summed E-state index contributed by atoms with van der Waals surface area (Å²) in [6, 6.07) is 7.87. The minimum atomic E-state index is -0.0129. The normalized spacial score (nSPS) is 12.5. The first-order valence-electron chi connectivity index (χ1n) is 5.49. The number of nitrogens with two attached hydrogens (primary N) is 1. The Morgan fingerprint density at radius 2 is 2.06 bits per heavy atom. The van der Waals surface area contributed by atoms with E-state index in [0.717, 1.165) is 26.9 Å². The van der Waals surface area contributed by atoms with Gasteiger partial charge in [-0.15, -0.1) is 11.3 Å². The van der Waals surface area contributed by atoms with Gasteiger partial charge in [0.15, 0.2) is 0 Å². The molecule has 0 bridgehead atoms. The summed E-state index contributed by atoms with van der Waals surface area (Å²) in [5, 5.41) is 1.03. The number of methoxy groups -OCH3 is 1. The van der Waals surface area contributed by atoms with Gasteiger partial charge in [0.25, 0.3) is 0 Å². The van der Waals surface area contributed by atoms with Crippen LogP contribution in [-0.4, -0.2) is 12.1 Å². The maximum absolute atomic E-state index is 5.99. The molecule has 0 aliphatic rings. The number of hydrogen-bond acceptors (Lipinski definition) is 4. The molecule has 0 aliphatic heterocycles. The molecule has 0 fully saturated rings. The molecule has 2 rings (SSSR count). The van der Waals surface area contributed by atoms with Crippen LogP contribution in [0.2, 0.25) is 0 Å². The van der Waals surface area contributed by atoms with Crippen LogP contribution in [0.5, 0.6) is 5.75 Å². The van der Waals surface area contributed by atoms with Crippen LogP contribution in [0.25, 0.3) is 11.3 Å². The first kappa shape index (κ1) is 12.1. The van der Waals surface area contributed by atoms with E-state index in [9.17, 15) is 0 Å². The van der Waals surface area contributed by atoms with Crippen LogP contribution in [-0.2, 0) is 0 Å². The molecular formula is C13H16N2OS. The third-order valence-electron chi connectivity index (χ3n) is 2.54. The van der Waals surface area contributed by atoms with Gasteiger partial charge in [-0.25, -0.2) is 4.98 Å². The van der Waals surface area contributed by atoms with Crippen LogP contribution in [0.4, 0.5) is 0 Å². The van der Waals surface area contributed by atoms with E-state index in [1.807, 2.05) is 38.1 Å². The van der Waals surface area contributed by atoms with Gasteiger partial charge in [-0.3, -0.25) is 0 Å². The third kappa shape index (κ3) is 2.33. The summed E-state index contributed by atoms with van der Waals surface area (Å²) in [7, 11) is 1.67. The number of para-hydroxylation sites is 1. The van der Waals surface area contributed by atoms with Crippen molar-refractivity contribution < 1.29 is 4.74 Å². The second-order valence-corrected chi connectivity index (χ2v) is 5.17. The number of aryl methyl sites for hydroxylation is 1. The van der Waals surface area contributed by atoms with E-state index in [4.69, 9.17) is 10.5 Å². The molecule has 0 saturated carbocycles. The van der Waals surface area contributed by atoms with Crippen molar-refractivity contribution in [2.45, 2.75) is 19.9 Å². The lowest BCUT2D eigenvalue weighted by atomic mass is 10.1. The molecule has 2 N–H and O–H groups in total. The molecule has 1 atom stereocenters. The van der Waals surface area contributed by atoms with Gasteiger partial charge in [0, 0.05) is 16.5 Å². The van der Waals surface area contributed by atoms with E-state index < -0.39 is 0 Å². The van der Waals surface area contributed by atoms with Crippen molar-refractivity contribution in [1.82, 2.24) is 4.98 Å². The SMILES string of the molecule is COc1ccccc1-c1nc(C)sc1C(C)N. The Hall–Kier alpha value is -1.39. The lowest BCUT2D eigenvalue weighted by Crippen LogP contribution is -2.04. The smallest absolute Gasteiger partial charge is 0.128 e. The van der Waals surface area contributed by atoms with E-state index in [-0.39, 0.29) is 6.04 Å². The van der Waals surface area contributed by atoms with E-state index in [0.29, 0.717) is 0 Å². The van der Waals surface area contributed by atoms with Crippen LogP contribution < -0.4 is 10.5 Å². The van der Waals surface area contributed by atoms with Crippen molar-refractivity contribution in [1.29, 1.82) is 0 Å². The van der Waals surface area contributed by atoms with Gasteiger partial charge in [0.2, 0.25) is 0 Å². The largest absolute Gasteiger partial charge is 0.496 e. The van der Waals surface area contributed by atoms with Crippen molar-refractivity contribution in [3.8, 4) is 17.0 Å². The molecule has 1 heterocycles. The van der Waals surface area contributed by atoms with Crippen molar-refractivity contribution in [2.75, 3.05) is 7.11 Å². The van der Waals surface area contributed by atoms with Gasteiger partial charge in [0.05, 0.1) is 17.8 Å². The quantitative estimate of drug-likeness (QED) is 0.907. The van der Waals surface area contributed by atoms with Crippen molar-refractivity contribution in [3.05, 3.63) is 34.2 Å². The van der Waals surface area contributed by atoms with E-state index in [1.165, 1.54) is 0 Å². The Morgan fingerprint density at radius 1 is 1.35 bits per heavy atom. The van der Waals surface area contributed by atoms with Crippen molar-refractivity contribution in [3.63, 3.8) is 0 Å². The standard InChI is InChI=1S/C13H16N2OS/c1-8(14)13-12(15-9(2)17-13)10-6-4-5-7-11(10)16-3/h4-8H,14H2,1-3H3. The Kier molecular flexibility index (Phi) is 3.45. The number of ether oxygens (including phenoxy) is 1. The molecule has 1 aromatic heterocycles. The van der Waals surface area contributed by atoms with Crippen LogP contribution in [0.1, 0.15) is 22.9 Å². The Morgan fingerprint density at radius 3 is 2.71 bits per heavy atom. The summed E-state index contributed by atoms with van der Waals surface area (Å²) in [5.74, 6) is 0.833. The highest BCUT2D eigenvalue weighted by Crippen LogP contribution is 2.36. The molecule has 0 radical (unpaired) electrons. The van der Waals surface area contributed by atoms with Crippen LogP contribution in [0, 0.1) is 6.92 Å². The maximum Gasteiger partial charge on any atom is 0.128 e. The fourth-order valence-electron chi connectivity index (χ4n) is 1.78. The number of aromatic nitrogens is 1. The summed E-state index contributed by atoms with van der Waals surface area (Å²) >= 11 is 1.64. The zero-order valence-electron chi connectivity index (χ0n) is 10.2. The van der Waals surface area contributed by atoms with Crippen LogP contribution >= 0.6 is 11.3 Å². The first-order chi connectivity index (χ1) is 8.13. The van der Waals surface area contributed by atoms with Crippen molar-refractivity contribution >= 4 is 11.3 Å². The fourth-order valence-corrected chi connectivity index (χ4v) is 2.68. The number of hydrogen-bond donors (Lipinski definition) is 1. The molecule has 3 nitrogen and oxygen atoms in total. The summed E-state index contributed by atoms with van der Waals surface area (Å²) in [4.78, 5) is 5.67. The molecule has 0 saturated heterocycles. The van der Waals surface area contributed by atoms with E-state index in [2.05, 4.69) is 4.98 Å². The highest BCUT2D eigenvalue weighted by atomic mass is 32.1. The molecule has 0 spiro atoms. The Labute approximate surface area is 105 Å². The summed E-state index contributed by atoms with van der Waals surface area (Å²) in [6.07, 6.45) is 0. The van der Waals surface area contributed by atoms with Gasteiger partial charge in [0.1, 0.15) is 5.75 Å². The van der Waals surface area contributed by atoms with Gasteiger partial charge in [-0.05, 0) is 26.0 Å². The predicted molar refractivity (Wildman–Crippen MR) is 71.4 cm³/mol. The summed E-state index contributed by atoms with van der Waals surface area (Å²) in [5.41, 5.74) is 7.94. The highest BCUT2D eigenvalue weighted by Gasteiger charge is 2.17. The van der Waals surface area contributed by atoms with Crippen LogP contribution in [0.3, 0.4) is 0 Å². The third-order valence-corrected chi connectivity index (χ3v) is 3.71. The second kappa shape index (κ2) is 4.85.